The highest BCUT2D eigenvalue weighted by molar-refractivity contribution is 5.66. The molecule has 2 N–H and O–H groups in total. The van der Waals surface area contributed by atoms with Crippen molar-refractivity contribution in [3.63, 3.8) is 0 Å². The van der Waals surface area contributed by atoms with Gasteiger partial charge in [-0.2, -0.15) is 0 Å². The molecule has 8 heteroatoms. The number of carboxylic acid groups (broad SMARTS) is 1. The van der Waals surface area contributed by atoms with Crippen molar-refractivity contribution >= 4 is 5.97 Å². The second kappa shape index (κ2) is 11.6. The molecular weight excluding hydrogens is 596 g/mol. The van der Waals surface area contributed by atoms with E-state index in [0.717, 1.165) is 51.4 Å². The highest BCUT2D eigenvalue weighted by Gasteiger charge is 2.70. The molecule has 0 aromatic heterocycles. The van der Waals surface area contributed by atoms with Crippen molar-refractivity contribution in [1.29, 1.82) is 0 Å². The lowest BCUT2D eigenvalue weighted by molar-refractivity contribution is -0.578. The molecule has 5 saturated carbocycles. The Morgan fingerprint density at radius 3 is 2.38 bits per heavy atom. The number of carboxylic acids is 1. The molecule has 5 aliphatic carbocycles. The molecule has 0 amide bonds. The van der Waals surface area contributed by atoms with Crippen LogP contribution in [0.25, 0.3) is 0 Å². The van der Waals surface area contributed by atoms with Crippen molar-refractivity contribution < 1.29 is 39.0 Å². The Kier molecular flexibility index (Phi) is 8.26. The van der Waals surface area contributed by atoms with Crippen molar-refractivity contribution in [3.8, 4) is 0 Å². The Morgan fingerprint density at radius 2 is 1.60 bits per heavy atom. The van der Waals surface area contributed by atoms with E-state index in [-0.39, 0.29) is 47.6 Å². The summed E-state index contributed by atoms with van der Waals surface area (Å²) >= 11 is 0. The fourth-order valence-electron chi connectivity index (χ4n) is 14.0. The van der Waals surface area contributed by atoms with Gasteiger partial charge in [0.15, 0.2) is 18.2 Å². The van der Waals surface area contributed by atoms with Gasteiger partial charge in [-0.15, -0.1) is 0 Å². The number of ether oxygens (including phenoxy) is 3. The first kappa shape index (κ1) is 33.4. The Balaban J connectivity index is 1.11. The molecule has 1 spiro atoms. The van der Waals surface area contributed by atoms with Crippen molar-refractivity contribution in [2.45, 2.75) is 168 Å². The zero-order valence-electron chi connectivity index (χ0n) is 29.8. The van der Waals surface area contributed by atoms with Crippen LogP contribution in [0.3, 0.4) is 0 Å². The van der Waals surface area contributed by atoms with Gasteiger partial charge in [-0.05, 0) is 142 Å². The van der Waals surface area contributed by atoms with E-state index in [1.807, 2.05) is 6.92 Å². The standard InChI is InChI=1S/C39H62O8/c1-21(8-12-32(41)42)26-10-11-29-33-30(14-17-37(26,29)5)36(4)16-13-25(40)19-24(36)20-31(33)43-34-23(3)28-9-7-22(2)27-15-18-38(6)45-35(44-34)39(27,28)47-46-38/h21-31,33-35,40H,7-20H2,1-6H3,(H,41,42)/t21-,22-,23-,24?,25-,26-,27?,28?,29?,30?,31+,33?,34?,35?,36+,37-,38?,39-/m1/s1. The quantitative estimate of drug-likeness (QED) is 0.221. The normalized spacial score (nSPS) is 57.2. The molecule has 4 aliphatic heterocycles. The van der Waals surface area contributed by atoms with E-state index in [9.17, 15) is 15.0 Å². The van der Waals surface area contributed by atoms with Crippen molar-refractivity contribution in [2.24, 2.45) is 70.0 Å². The molecule has 18 atom stereocenters. The molecule has 2 bridgehead atoms. The van der Waals surface area contributed by atoms with Crippen molar-refractivity contribution in [1.82, 2.24) is 0 Å². The van der Waals surface area contributed by atoms with Crippen LogP contribution >= 0.6 is 0 Å². The van der Waals surface area contributed by atoms with Crippen LogP contribution in [0.15, 0.2) is 0 Å². The predicted octanol–water partition coefficient (Wildman–Crippen LogP) is 7.71. The lowest BCUT2D eigenvalue weighted by Crippen LogP contribution is -2.71. The molecule has 4 heterocycles. The SMILES string of the molecule is C[C@H]1C(O[C@H]2CC3C[C@H](O)CC[C@]3(C)C3CC[C@@]4(C)C(CC[C@@H]4[C@H](C)CCC(=O)O)C32)OC2OC3(C)CCC4[C@H](C)CCC1[C@@]24OO3. The number of aliphatic hydroxyl groups excluding tert-OH is 1. The lowest BCUT2D eigenvalue weighted by Gasteiger charge is -2.64. The van der Waals surface area contributed by atoms with E-state index in [1.165, 1.54) is 32.1 Å². The molecule has 47 heavy (non-hydrogen) atoms. The summed E-state index contributed by atoms with van der Waals surface area (Å²) < 4.78 is 21.2. The van der Waals surface area contributed by atoms with Gasteiger partial charge in [0, 0.05) is 24.7 Å². The van der Waals surface area contributed by atoms with E-state index in [0.29, 0.717) is 47.3 Å². The van der Waals surface area contributed by atoms with Crippen LogP contribution < -0.4 is 0 Å². The Bertz CT molecular complexity index is 1210. The van der Waals surface area contributed by atoms with Crippen molar-refractivity contribution in [3.05, 3.63) is 0 Å². The van der Waals surface area contributed by atoms with Crippen LogP contribution in [0.4, 0.5) is 0 Å². The molecule has 0 aromatic rings. The molecular formula is C39H62O8. The van der Waals surface area contributed by atoms with Crippen LogP contribution in [0.2, 0.25) is 0 Å². The summed E-state index contributed by atoms with van der Waals surface area (Å²) in [5, 5.41) is 20.4. The Labute approximate surface area is 282 Å². The van der Waals surface area contributed by atoms with E-state index in [2.05, 4.69) is 34.6 Å². The minimum atomic E-state index is -0.806. The first-order chi connectivity index (χ1) is 22.3. The summed E-state index contributed by atoms with van der Waals surface area (Å²) in [5.41, 5.74) is -0.184. The number of hydrogen-bond acceptors (Lipinski definition) is 7. The maximum atomic E-state index is 11.5. The van der Waals surface area contributed by atoms with Gasteiger partial charge in [-0.3, -0.25) is 4.79 Å². The number of carbonyl (C=O) groups is 1. The largest absolute Gasteiger partial charge is 0.481 e. The smallest absolute Gasteiger partial charge is 0.303 e. The first-order valence-corrected chi connectivity index (χ1v) is 19.5. The van der Waals surface area contributed by atoms with Crippen LogP contribution in [0.1, 0.15) is 131 Å². The van der Waals surface area contributed by atoms with E-state index in [1.54, 1.807) is 0 Å². The van der Waals surface area contributed by atoms with Gasteiger partial charge in [0.2, 0.25) is 5.79 Å². The summed E-state index contributed by atoms with van der Waals surface area (Å²) in [7, 11) is 0. The van der Waals surface area contributed by atoms with Gasteiger partial charge < -0.3 is 24.4 Å². The summed E-state index contributed by atoms with van der Waals surface area (Å²) in [4.78, 5) is 24.0. The number of hydrogen-bond donors (Lipinski definition) is 2. The van der Waals surface area contributed by atoms with Gasteiger partial charge in [0.05, 0.1) is 12.2 Å². The second-order valence-electron chi connectivity index (χ2n) is 18.7. The third-order valence-corrected chi connectivity index (χ3v) is 16.6. The second-order valence-corrected chi connectivity index (χ2v) is 18.7. The van der Waals surface area contributed by atoms with Gasteiger partial charge in [-0.25, -0.2) is 9.78 Å². The number of aliphatic carboxylic acids is 1. The van der Waals surface area contributed by atoms with Crippen LogP contribution in [-0.4, -0.2) is 52.4 Å². The fourth-order valence-corrected chi connectivity index (χ4v) is 14.0. The molecule has 0 aromatic carbocycles. The fraction of sp³-hybridized carbons (Fsp3) is 0.974. The third kappa shape index (κ3) is 4.98. The zero-order valence-corrected chi connectivity index (χ0v) is 29.8. The van der Waals surface area contributed by atoms with E-state index in [4.69, 9.17) is 24.0 Å². The van der Waals surface area contributed by atoms with Gasteiger partial charge in [0.25, 0.3) is 0 Å². The van der Waals surface area contributed by atoms with Gasteiger partial charge in [0.1, 0.15) is 0 Å². The summed E-state index contributed by atoms with van der Waals surface area (Å²) in [6.45, 7) is 14.1. The number of rotatable bonds is 6. The minimum Gasteiger partial charge on any atom is -0.481 e. The van der Waals surface area contributed by atoms with Gasteiger partial charge >= 0.3 is 5.97 Å². The molecule has 266 valence electrons. The zero-order chi connectivity index (χ0) is 33.1. The molecule has 9 fully saturated rings. The molecule has 4 saturated heterocycles. The predicted molar refractivity (Wildman–Crippen MR) is 174 cm³/mol. The maximum Gasteiger partial charge on any atom is 0.303 e. The Hall–Kier alpha value is -0.770. The minimum absolute atomic E-state index is 0.0663. The summed E-state index contributed by atoms with van der Waals surface area (Å²) in [6, 6.07) is 0. The number of fused-ring (bicyclic) bond motifs is 7. The average Bonchev–Trinajstić information content (AvgIpc) is 3.22. The molecule has 9 unspecified atom stereocenters. The average molecular weight is 659 g/mol. The molecule has 0 radical (unpaired) electrons. The number of aliphatic hydroxyl groups is 1. The Morgan fingerprint density at radius 1 is 0.872 bits per heavy atom. The third-order valence-electron chi connectivity index (χ3n) is 16.6. The first-order valence-electron chi connectivity index (χ1n) is 19.5. The monoisotopic (exact) mass is 658 g/mol. The lowest BCUT2D eigenvalue weighted by atomic mass is 9.43. The van der Waals surface area contributed by atoms with Crippen molar-refractivity contribution in [2.75, 3.05) is 0 Å². The highest BCUT2D eigenvalue weighted by atomic mass is 17.3. The topological polar surface area (TPSA) is 104 Å². The summed E-state index contributed by atoms with van der Waals surface area (Å²) in [6.07, 6.45) is 12.7. The van der Waals surface area contributed by atoms with Crippen LogP contribution in [0.5, 0.6) is 0 Å². The highest BCUT2D eigenvalue weighted by Crippen LogP contribution is 2.69. The molecule has 9 aliphatic rings. The summed E-state index contributed by atoms with van der Waals surface area (Å²) in [5.74, 6) is 2.70. The van der Waals surface area contributed by atoms with Crippen LogP contribution in [-0.2, 0) is 28.8 Å². The van der Waals surface area contributed by atoms with E-state index >= 15 is 0 Å². The van der Waals surface area contributed by atoms with Crippen LogP contribution in [0, 0.1) is 70.0 Å². The molecule has 8 nitrogen and oxygen atoms in total. The maximum absolute atomic E-state index is 11.5. The van der Waals surface area contributed by atoms with E-state index < -0.39 is 23.6 Å². The molecule has 9 rings (SSSR count). The van der Waals surface area contributed by atoms with Gasteiger partial charge in [-0.1, -0.05) is 34.6 Å².